The first-order valence-electron chi connectivity index (χ1n) is 9.64. The quantitative estimate of drug-likeness (QED) is 0.884. The van der Waals surface area contributed by atoms with E-state index in [9.17, 15) is 4.79 Å². The summed E-state index contributed by atoms with van der Waals surface area (Å²) in [4.78, 5) is 16.7. The molecule has 25 heavy (non-hydrogen) atoms. The standard InChI is InChI=1S/C21H28N2OS/c1-4-15-5-7-17-19(9-15)25-20-10-16(6-8-18(20)21(17)24)23-11-13(2)22-14(3)12-23/h6,8,10,13-15,22H,4-5,7,9,11-12H2,1-3H3. The van der Waals surface area contributed by atoms with E-state index in [4.69, 9.17) is 0 Å². The van der Waals surface area contributed by atoms with Crippen molar-refractivity contribution in [2.24, 2.45) is 5.92 Å². The highest BCUT2D eigenvalue weighted by atomic mass is 32.1. The van der Waals surface area contributed by atoms with Gasteiger partial charge in [0, 0.05) is 51.4 Å². The molecular formula is C21H28N2OS. The molecule has 0 spiro atoms. The van der Waals surface area contributed by atoms with E-state index in [1.807, 2.05) is 11.3 Å². The maximum atomic E-state index is 12.9. The molecule has 1 aliphatic heterocycles. The zero-order valence-corrected chi connectivity index (χ0v) is 16.3. The number of rotatable bonds is 2. The lowest BCUT2D eigenvalue weighted by Gasteiger charge is -2.37. The smallest absolute Gasteiger partial charge is 0.191 e. The summed E-state index contributed by atoms with van der Waals surface area (Å²) in [6.45, 7) is 8.79. The third kappa shape index (κ3) is 3.22. The Hall–Kier alpha value is -1.39. The number of nitrogens with zero attached hydrogens (tertiary/aromatic N) is 1. The molecular weight excluding hydrogens is 328 g/mol. The van der Waals surface area contributed by atoms with Crippen molar-refractivity contribution in [2.75, 3.05) is 18.0 Å². The fraction of sp³-hybridized carbons (Fsp3) is 0.571. The Morgan fingerprint density at radius 1 is 1.24 bits per heavy atom. The van der Waals surface area contributed by atoms with E-state index in [2.05, 4.69) is 49.2 Å². The predicted molar refractivity (Wildman–Crippen MR) is 108 cm³/mol. The molecule has 2 heterocycles. The van der Waals surface area contributed by atoms with Gasteiger partial charge in [-0.25, -0.2) is 0 Å². The first-order valence-corrected chi connectivity index (χ1v) is 10.5. The van der Waals surface area contributed by atoms with Gasteiger partial charge in [-0.15, -0.1) is 11.3 Å². The van der Waals surface area contributed by atoms with E-state index in [1.54, 1.807) is 0 Å². The van der Waals surface area contributed by atoms with Crippen molar-refractivity contribution >= 4 is 27.1 Å². The van der Waals surface area contributed by atoms with Crippen LogP contribution in [0.3, 0.4) is 0 Å². The number of hydrogen-bond donors (Lipinski definition) is 1. The van der Waals surface area contributed by atoms with Crippen molar-refractivity contribution in [2.45, 2.75) is 58.5 Å². The van der Waals surface area contributed by atoms with E-state index in [0.29, 0.717) is 12.1 Å². The highest BCUT2D eigenvalue weighted by molar-refractivity contribution is 7.18. The summed E-state index contributed by atoms with van der Waals surface area (Å²) in [6, 6.07) is 7.44. The van der Waals surface area contributed by atoms with Gasteiger partial charge in [-0.1, -0.05) is 13.3 Å². The van der Waals surface area contributed by atoms with Crippen molar-refractivity contribution < 1.29 is 0 Å². The van der Waals surface area contributed by atoms with E-state index in [1.165, 1.54) is 23.4 Å². The minimum Gasteiger partial charge on any atom is -0.368 e. The van der Waals surface area contributed by atoms with Crippen LogP contribution in [0.4, 0.5) is 5.69 Å². The van der Waals surface area contributed by atoms with Crippen LogP contribution in [0.5, 0.6) is 0 Å². The molecule has 1 N–H and O–H groups in total. The highest BCUT2D eigenvalue weighted by Crippen LogP contribution is 2.33. The molecule has 0 amide bonds. The molecule has 4 rings (SSSR count). The summed E-state index contributed by atoms with van der Waals surface area (Å²) in [5.41, 5.74) is 2.64. The molecule has 3 unspecified atom stereocenters. The molecule has 2 aliphatic rings. The molecule has 3 nitrogen and oxygen atoms in total. The third-order valence-corrected chi connectivity index (χ3v) is 7.05. The molecule has 4 heteroatoms. The van der Waals surface area contributed by atoms with Crippen LogP contribution in [0.1, 0.15) is 44.1 Å². The molecule has 134 valence electrons. The average molecular weight is 357 g/mol. The van der Waals surface area contributed by atoms with E-state index in [-0.39, 0.29) is 5.43 Å². The van der Waals surface area contributed by atoms with Crippen LogP contribution >= 0.6 is 11.3 Å². The Morgan fingerprint density at radius 3 is 2.72 bits per heavy atom. The highest BCUT2D eigenvalue weighted by Gasteiger charge is 2.24. The zero-order valence-electron chi connectivity index (χ0n) is 15.5. The Bertz CT molecular complexity index is 834. The Balaban J connectivity index is 1.74. The topological polar surface area (TPSA) is 32.3 Å². The van der Waals surface area contributed by atoms with Crippen LogP contribution in [-0.2, 0) is 12.8 Å². The number of anilines is 1. The van der Waals surface area contributed by atoms with Crippen LogP contribution in [0.2, 0.25) is 0 Å². The lowest BCUT2D eigenvalue weighted by atomic mass is 9.87. The molecule has 0 radical (unpaired) electrons. The first-order chi connectivity index (χ1) is 12.0. The van der Waals surface area contributed by atoms with E-state index in [0.717, 1.165) is 47.5 Å². The SMILES string of the molecule is CCC1CCc2c(sc3cc(N4CC(C)NC(C)C4)ccc3c2=O)C1. The van der Waals surface area contributed by atoms with Crippen molar-refractivity contribution in [3.63, 3.8) is 0 Å². The van der Waals surface area contributed by atoms with Gasteiger partial charge in [0.05, 0.1) is 0 Å². The van der Waals surface area contributed by atoms with Crippen LogP contribution in [0, 0.1) is 5.92 Å². The van der Waals surface area contributed by atoms with Gasteiger partial charge in [0.1, 0.15) is 0 Å². The van der Waals surface area contributed by atoms with Gasteiger partial charge in [-0.2, -0.15) is 0 Å². The van der Waals surface area contributed by atoms with Crippen LogP contribution < -0.4 is 15.6 Å². The zero-order chi connectivity index (χ0) is 17.6. The van der Waals surface area contributed by atoms with Crippen LogP contribution in [0.25, 0.3) is 10.1 Å². The number of nitrogens with one attached hydrogen (secondary N) is 1. The van der Waals surface area contributed by atoms with Crippen LogP contribution in [0.15, 0.2) is 23.0 Å². The summed E-state index contributed by atoms with van der Waals surface area (Å²) in [7, 11) is 0. The van der Waals surface area contributed by atoms with Gasteiger partial charge in [-0.05, 0) is 57.2 Å². The second-order valence-corrected chi connectivity index (χ2v) is 9.04. The molecule has 0 saturated carbocycles. The third-order valence-electron chi connectivity index (χ3n) is 5.83. The molecule has 0 bridgehead atoms. The van der Waals surface area contributed by atoms with Crippen LogP contribution in [-0.4, -0.2) is 25.2 Å². The van der Waals surface area contributed by atoms with E-state index >= 15 is 0 Å². The lowest BCUT2D eigenvalue weighted by molar-refractivity contribution is 0.407. The summed E-state index contributed by atoms with van der Waals surface area (Å²) in [6.07, 6.45) is 4.45. The van der Waals surface area contributed by atoms with Gasteiger partial charge < -0.3 is 10.2 Å². The Morgan fingerprint density at radius 2 is 2.00 bits per heavy atom. The summed E-state index contributed by atoms with van der Waals surface area (Å²) in [5.74, 6) is 0.749. The second-order valence-electron chi connectivity index (χ2n) is 7.90. The average Bonchev–Trinajstić information content (AvgIpc) is 2.60. The van der Waals surface area contributed by atoms with Crippen molar-refractivity contribution in [1.82, 2.24) is 5.32 Å². The summed E-state index contributed by atoms with van der Waals surface area (Å²) in [5, 5.41) is 4.50. The molecule has 1 fully saturated rings. The molecule has 1 aromatic heterocycles. The van der Waals surface area contributed by atoms with Gasteiger partial charge in [0.2, 0.25) is 0 Å². The molecule has 3 atom stereocenters. The van der Waals surface area contributed by atoms with Gasteiger partial charge in [0.15, 0.2) is 5.43 Å². The van der Waals surface area contributed by atoms with E-state index < -0.39 is 0 Å². The number of piperazine rings is 1. The Labute approximate surface area is 154 Å². The lowest BCUT2D eigenvalue weighted by Crippen LogP contribution is -2.54. The maximum Gasteiger partial charge on any atom is 0.191 e. The largest absolute Gasteiger partial charge is 0.368 e. The van der Waals surface area contributed by atoms with Gasteiger partial charge in [0.25, 0.3) is 0 Å². The Kier molecular flexibility index (Phi) is 4.59. The maximum absolute atomic E-state index is 12.9. The first kappa shape index (κ1) is 17.0. The summed E-state index contributed by atoms with van der Waals surface area (Å²) >= 11 is 1.86. The van der Waals surface area contributed by atoms with Crippen molar-refractivity contribution in [3.05, 3.63) is 38.9 Å². The molecule has 1 aliphatic carbocycles. The van der Waals surface area contributed by atoms with Crippen molar-refractivity contribution in [3.8, 4) is 0 Å². The van der Waals surface area contributed by atoms with Gasteiger partial charge >= 0.3 is 0 Å². The second kappa shape index (κ2) is 6.73. The fourth-order valence-electron chi connectivity index (χ4n) is 4.48. The predicted octanol–water partition coefficient (Wildman–Crippen LogP) is 3.96. The van der Waals surface area contributed by atoms with Crippen molar-refractivity contribution in [1.29, 1.82) is 0 Å². The monoisotopic (exact) mass is 356 g/mol. The number of hydrogen-bond acceptors (Lipinski definition) is 4. The molecule has 1 aromatic carbocycles. The van der Waals surface area contributed by atoms with Gasteiger partial charge in [-0.3, -0.25) is 4.79 Å². The number of benzene rings is 1. The fourth-order valence-corrected chi connectivity index (χ4v) is 5.83. The molecule has 2 aromatic rings. The molecule has 1 saturated heterocycles. The normalized spacial score (nSPS) is 26.7. The number of fused-ring (bicyclic) bond motifs is 2. The minimum atomic E-state index is 0.284. The summed E-state index contributed by atoms with van der Waals surface area (Å²) < 4.78 is 1.16. The minimum absolute atomic E-state index is 0.284.